The first-order valence-electron chi connectivity index (χ1n) is 6.97. The minimum Gasteiger partial charge on any atom is -0.493 e. The van der Waals surface area contributed by atoms with Gasteiger partial charge in [0.25, 0.3) is 5.91 Å². The lowest BCUT2D eigenvalue weighted by Crippen LogP contribution is -2.31. The molecule has 0 N–H and O–H groups in total. The Bertz CT molecular complexity index is 608. The van der Waals surface area contributed by atoms with E-state index in [1.165, 1.54) is 0 Å². The average Bonchev–Trinajstić information content (AvgIpc) is 2.54. The summed E-state index contributed by atoms with van der Waals surface area (Å²) in [7, 11) is 0. The lowest BCUT2D eigenvalue weighted by Gasteiger charge is -2.22. The molecule has 1 amide bonds. The van der Waals surface area contributed by atoms with Gasteiger partial charge in [-0.1, -0.05) is 36.4 Å². The van der Waals surface area contributed by atoms with E-state index in [9.17, 15) is 4.79 Å². The number of hydrogen-bond donors (Lipinski definition) is 0. The largest absolute Gasteiger partial charge is 0.493 e. The fraction of sp³-hybridized carbons (Fsp3) is 0.167. The lowest BCUT2D eigenvalue weighted by molar-refractivity contribution is 0.0986. The first-order valence-corrected chi connectivity index (χ1v) is 6.97. The summed E-state index contributed by atoms with van der Waals surface area (Å²) in [5, 5.41) is 0. The zero-order valence-corrected chi connectivity index (χ0v) is 12.2. The molecule has 0 spiro atoms. The molecule has 0 heterocycles. The van der Waals surface area contributed by atoms with Crippen LogP contribution in [0.4, 0.5) is 5.69 Å². The topological polar surface area (TPSA) is 29.5 Å². The molecule has 0 radical (unpaired) electrons. The van der Waals surface area contributed by atoms with Gasteiger partial charge in [-0.05, 0) is 31.2 Å². The molecule has 108 valence electrons. The van der Waals surface area contributed by atoms with Crippen LogP contribution < -0.4 is 9.64 Å². The van der Waals surface area contributed by atoms with Gasteiger partial charge in [0.05, 0.1) is 12.2 Å². The third-order valence-corrected chi connectivity index (χ3v) is 3.04. The normalized spacial score (nSPS) is 9.95. The predicted molar refractivity (Wildman–Crippen MR) is 85.9 cm³/mol. The molecule has 2 rings (SSSR count). The van der Waals surface area contributed by atoms with Crippen LogP contribution in [0.15, 0.2) is 67.3 Å². The van der Waals surface area contributed by atoms with Gasteiger partial charge in [-0.2, -0.15) is 0 Å². The number of nitrogens with zero attached hydrogens (tertiary/aromatic N) is 1. The third-order valence-electron chi connectivity index (χ3n) is 3.04. The van der Waals surface area contributed by atoms with Gasteiger partial charge in [-0.15, -0.1) is 6.58 Å². The first-order chi connectivity index (χ1) is 10.3. The van der Waals surface area contributed by atoms with Crippen molar-refractivity contribution in [3.05, 3.63) is 72.8 Å². The van der Waals surface area contributed by atoms with E-state index in [1.54, 1.807) is 17.0 Å². The summed E-state index contributed by atoms with van der Waals surface area (Å²) >= 11 is 0. The molecule has 3 heteroatoms. The second kappa shape index (κ2) is 7.29. The van der Waals surface area contributed by atoms with Crippen molar-refractivity contribution >= 4 is 11.6 Å². The number of rotatable bonds is 6. The van der Waals surface area contributed by atoms with Crippen LogP contribution in [-0.2, 0) is 0 Å². The van der Waals surface area contributed by atoms with E-state index in [1.807, 2.05) is 55.5 Å². The Balaban J connectivity index is 2.37. The number of anilines is 1. The van der Waals surface area contributed by atoms with E-state index in [0.717, 1.165) is 5.69 Å². The highest BCUT2D eigenvalue weighted by atomic mass is 16.5. The van der Waals surface area contributed by atoms with Crippen molar-refractivity contribution in [3.63, 3.8) is 0 Å². The number of carbonyl (C=O) groups excluding carboxylic acids is 1. The minimum atomic E-state index is -0.0925. The fourth-order valence-electron chi connectivity index (χ4n) is 2.11. The number of para-hydroxylation sites is 2. The van der Waals surface area contributed by atoms with Gasteiger partial charge in [0, 0.05) is 12.2 Å². The number of benzene rings is 2. The van der Waals surface area contributed by atoms with Crippen molar-refractivity contribution < 1.29 is 9.53 Å². The molecule has 0 aromatic heterocycles. The summed E-state index contributed by atoms with van der Waals surface area (Å²) in [5.74, 6) is 0.514. The lowest BCUT2D eigenvalue weighted by atomic mass is 10.1. The van der Waals surface area contributed by atoms with Crippen LogP contribution in [-0.4, -0.2) is 19.1 Å². The highest BCUT2D eigenvalue weighted by molar-refractivity contribution is 6.08. The van der Waals surface area contributed by atoms with Gasteiger partial charge in [-0.3, -0.25) is 4.79 Å². The van der Waals surface area contributed by atoms with Crippen LogP contribution in [0.5, 0.6) is 5.75 Å². The minimum absolute atomic E-state index is 0.0925. The maximum absolute atomic E-state index is 12.8. The van der Waals surface area contributed by atoms with Crippen molar-refractivity contribution in [2.75, 3.05) is 18.1 Å². The zero-order chi connectivity index (χ0) is 15.1. The SMILES string of the molecule is C=CCN(C(=O)c1ccccc1OCC)c1ccccc1. The molecule has 0 atom stereocenters. The van der Waals surface area contributed by atoms with Crippen LogP contribution in [0.25, 0.3) is 0 Å². The Hall–Kier alpha value is -2.55. The van der Waals surface area contributed by atoms with E-state index >= 15 is 0 Å². The predicted octanol–water partition coefficient (Wildman–Crippen LogP) is 3.92. The molecular weight excluding hydrogens is 262 g/mol. The van der Waals surface area contributed by atoms with Crippen molar-refractivity contribution in [2.45, 2.75) is 6.92 Å². The first kappa shape index (κ1) is 14.9. The second-order valence-corrected chi connectivity index (χ2v) is 4.47. The molecule has 0 aliphatic heterocycles. The van der Waals surface area contributed by atoms with Crippen LogP contribution in [0, 0.1) is 0 Å². The smallest absolute Gasteiger partial charge is 0.262 e. The van der Waals surface area contributed by atoms with Crippen molar-refractivity contribution in [1.29, 1.82) is 0 Å². The van der Waals surface area contributed by atoms with Gasteiger partial charge in [0.15, 0.2) is 0 Å². The molecule has 0 unspecified atom stereocenters. The Kier molecular flexibility index (Phi) is 5.16. The molecule has 0 bridgehead atoms. The summed E-state index contributed by atoms with van der Waals surface area (Å²) in [4.78, 5) is 14.5. The third kappa shape index (κ3) is 3.51. The Labute approximate surface area is 125 Å². The van der Waals surface area contributed by atoms with E-state index in [-0.39, 0.29) is 5.91 Å². The quantitative estimate of drug-likeness (QED) is 0.751. The van der Waals surface area contributed by atoms with E-state index < -0.39 is 0 Å². The van der Waals surface area contributed by atoms with Gasteiger partial charge in [0.2, 0.25) is 0 Å². The molecule has 0 saturated carbocycles. The van der Waals surface area contributed by atoms with E-state index in [2.05, 4.69) is 6.58 Å². The fourth-order valence-corrected chi connectivity index (χ4v) is 2.11. The molecule has 0 fully saturated rings. The highest BCUT2D eigenvalue weighted by Gasteiger charge is 2.19. The summed E-state index contributed by atoms with van der Waals surface area (Å²) in [5.41, 5.74) is 1.40. The Morgan fingerprint density at radius 2 is 1.81 bits per heavy atom. The molecule has 0 aliphatic rings. The molecule has 0 saturated heterocycles. The maximum atomic E-state index is 12.8. The van der Waals surface area contributed by atoms with Gasteiger partial charge >= 0.3 is 0 Å². The summed E-state index contributed by atoms with van der Waals surface area (Å²) in [6.45, 7) is 6.61. The van der Waals surface area contributed by atoms with Crippen LogP contribution in [0.1, 0.15) is 17.3 Å². The highest BCUT2D eigenvalue weighted by Crippen LogP contribution is 2.23. The average molecular weight is 281 g/mol. The maximum Gasteiger partial charge on any atom is 0.262 e. The number of carbonyl (C=O) groups is 1. The molecule has 2 aromatic rings. The van der Waals surface area contributed by atoms with Crippen molar-refractivity contribution in [3.8, 4) is 5.75 Å². The summed E-state index contributed by atoms with van der Waals surface area (Å²) < 4.78 is 5.55. The van der Waals surface area contributed by atoms with Crippen LogP contribution in [0.2, 0.25) is 0 Å². The molecule has 0 aliphatic carbocycles. The molecule has 21 heavy (non-hydrogen) atoms. The summed E-state index contributed by atoms with van der Waals surface area (Å²) in [6.07, 6.45) is 1.72. The van der Waals surface area contributed by atoms with Gasteiger partial charge < -0.3 is 9.64 Å². The standard InChI is InChI=1S/C18H19NO2/c1-3-14-19(15-10-6-5-7-11-15)18(20)16-12-8-9-13-17(16)21-4-2/h3,5-13H,1,4,14H2,2H3. The monoisotopic (exact) mass is 281 g/mol. The van der Waals surface area contributed by atoms with Crippen LogP contribution in [0.3, 0.4) is 0 Å². The van der Waals surface area contributed by atoms with Crippen molar-refractivity contribution in [2.24, 2.45) is 0 Å². The van der Waals surface area contributed by atoms with E-state index in [4.69, 9.17) is 4.74 Å². The number of ether oxygens (including phenoxy) is 1. The van der Waals surface area contributed by atoms with Gasteiger partial charge in [0.1, 0.15) is 5.75 Å². The van der Waals surface area contributed by atoms with Gasteiger partial charge in [-0.25, -0.2) is 0 Å². The Morgan fingerprint density at radius 1 is 1.14 bits per heavy atom. The second-order valence-electron chi connectivity index (χ2n) is 4.47. The number of hydrogen-bond acceptors (Lipinski definition) is 2. The Morgan fingerprint density at radius 3 is 2.48 bits per heavy atom. The molecule has 2 aromatic carbocycles. The van der Waals surface area contributed by atoms with Crippen LogP contribution >= 0.6 is 0 Å². The van der Waals surface area contributed by atoms with Crippen molar-refractivity contribution in [1.82, 2.24) is 0 Å². The summed E-state index contributed by atoms with van der Waals surface area (Å²) in [6, 6.07) is 16.9. The molecular formula is C18H19NO2. The molecule has 3 nitrogen and oxygen atoms in total. The zero-order valence-electron chi connectivity index (χ0n) is 12.2. The number of amides is 1. The van der Waals surface area contributed by atoms with E-state index in [0.29, 0.717) is 24.5 Å².